The van der Waals surface area contributed by atoms with E-state index in [4.69, 9.17) is 39.5 Å². The first-order valence-corrected chi connectivity index (χ1v) is 8.54. The number of rotatable bonds is 4. The molecule has 23 heavy (non-hydrogen) atoms. The molecule has 1 saturated heterocycles. The summed E-state index contributed by atoms with van der Waals surface area (Å²) in [5.41, 5.74) is 0.350. The van der Waals surface area contributed by atoms with E-state index in [9.17, 15) is 9.59 Å². The van der Waals surface area contributed by atoms with Gasteiger partial charge in [-0.05, 0) is 31.0 Å². The van der Waals surface area contributed by atoms with Crippen molar-refractivity contribution in [3.8, 4) is 0 Å². The Kier molecular flexibility index (Phi) is 6.81. The second kappa shape index (κ2) is 8.62. The lowest BCUT2D eigenvalue weighted by Gasteiger charge is -2.31. The van der Waals surface area contributed by atoms with Crippen LogP contribution in [0.3, 0.4) is 0 Å². The summed E-state index contributed by atoms with van der Waals surface area (Å²) in [4.78, 5) is 25.6. The van der Waals surface area contributed by atoms with Crippen LogP contribution in [0.1, 0.15) is 23.2 Å². The fourth-order valence-electron chi connectivity index (χ4n) is 2.36. The Morgan fingerprint density at radius 2 is 1.96 bits per heavy atom. The van der Waals surface area contributed by atoms with E-state index in [1.807, 2.05) is 0 Å². The number of nitrogens with one attached hydrogen (secondary N) is 1. The molecule has 5 nitrogen and oxygen atoms in total. The van der Waals surface area contributed by atoms with Gasteiger partial charge in [0.2, 0.25) is 0 Å². The Morgan fingerprint density at radius 1 is 1.26 bits per heavy atom. The first-order chi connectivity index (χ1) is 11.0. The maximum Gasteiger partial charge on any atom is 0.409 e. The number of carbonyl (C=O) groups excluding carboxylic acids is 2. The van der Waals surface area contributed by atoms with Crippen LogP contribution in [-0.2, 0) is 4.74 Å². The van der Waals surface area contributed by atoms with Gasteiger partial charge in [-0.15, -0.1) is 11.6 Å². The van der Waals surface area contributed by atoms with Crippen LogP contribution in [0.4, 0.5) is 4.79 Å². The molecule has 0 saturated carbocycles. The number of alkyl halides is 1. The maximum atomic E-state index is 12.3. The van der Waals surface area contributed by atoms with E-state index in [0.717, 1.165) is 0 Å². The van der Waals surface area contributed by atoms with Gasteiger partial charge in [-0.3, -0.25) is 4.79 Å². The predicted molar refractivity (Wildman–Crippen MR) is 90.6 cm³/mol. The van der Waals surface area contributed by atoms with Crippen LogP contribution in [0, 0.1) is 0 Å². The quantitative estimate of drug-likeness (QED) is 0.814. The molecule has 1 aliphatic heterocycles. The average molecular weight is 380 g/mol. The van der Waals surface area contributed by atoms with E-state index in [1.165, 1.54) is 6.07 Å². The molecule has 126 valence electrons. The van der Waals surface area contributed by atoms with Crippen molar-refractivity contribution in [3.63, 3.8) is 0 Å². The van der Waals surface area contributed by atoms with Crippen LogP contribution in [0.2, 0.25) is 10.0 Å². The molecule has 1 heterocycles. The van der Waals surface area contributed by atoms with Crippen LogP contribution in [0.15, 0.2) is 18.2 Å². The minimum absolute atomic E-state index is 0.0189. The fourth-order valence-corrected chi connectivity index (χ4v) is 2.81. The van der Waals surface area contributed by atoms with Crippen molar-refractivity contribution in [1.82, 2.24) is 10.2 Å². The van der Waals surface area contributed by atoms with Crippen molar-refractivity contribution in [1.29, 1.82) is 0 Å². The third-order valence-corrected chi connectivity index (χ3v) is 4.28. The average Bonchev–Trinajstić information content (AvgIpc) is 2.55. The molecule has 1 aromatic carbocycles. The summed E-state index contributed by atoms with van der Waals surface area (Å²) < 4.78 is 4.98. The van der Waals surface area contributed by atoms with Crippen LogP contribution < -0.4 is 5.32 Å². The molecule has 0 aromatic heterocycles. The minimum Gasteiger partial charge on any atom is -0.448 e. The zero-order valence-corrected chi connectivity index (χ0v) is 14.6. The van der Waals surface area contributed by atoms with Crippen molar-refractivity contribution in [3.05, 3.63) is 33.8 Å². The highest BCUT2D eigenvalue weighted by atomic mass is 35.5. The number of likely N-dealkylation sites (tertiary alicyclic amines) is 1. The summed E-state index contributed by atoms with van der Waals surface area (Å²) in [5.74, 6) is 0.0132. The second-order valence-corrected chi connectivity index (χ2v) is 6.38. The molecule has 0 aliphatic carbocycles. The monoisotopic (exact) mass is 378 g/mol. The molecule has 0 radical (unpaired) electrons. The van der Waals surface area contributed by atoms with Crippen molar-refractivity contribution in [2.24, 2.45) is 0 Å². The molecule has 0 unspecified atom stereocenters. The van der Waals surface area contributed by atoms with Crippen molar-refractivity contribution >= 4 is 46.8 Å². The second-order valence-electron chi connectivity index (χ2n) is 5.16. The highest BCUT2D eigenvalue weighted by Gasteiger charge is 2.25. The molecule has 1 aliphatic rings. The fraction of sp³-hybridized carbons (Fsp3) is 0.467. The summed E-state index contributed by atoms with van der Waals surface area (Å²) in [6, 6.07) is 4.74. The third-order valence-electron chi connectivity index (χ3n) is 3.56. The number of hydrogen-bond donors (Lipinski definition) is 1. The molecule has 1 aromatic rings. The maximum absolute atomic E-state index is 12.3. The Balaban J connectivity index is 1.85. The van der Waals surface area contributed by atoms with Gasteiger partial charge in [-0.1, -0.05) is 23.2 Å². The summed E-state index contributed by atoms with van der Waals surface area (Å²) in [5, 5.41) is 3.73. The van der Waals surface area contributed by atoms with Crippen molar-refractivity contribution in [2.45, 2.75) is 18.9 Å². The zero-order valence-electron chi connectivity index (χ0n) is 12.4. The third kappa shape index (κ3) is 5.16. The standard InChI is InChI=1S/C15H17Cl3N2O3/c16-5-8-23-15(22)20-6-3-11(4-7-20)19-14(21)12-9-10(17)1-2-13(12)18/h1-2,9,11H,3-8H2,(H,19,21). The Labute approximate surface area is 149 Å². The smallest absolute Gasteiger partial charge is 0.409 e. The van der Waals surface area contributed by atoms with Crippen molar-refractivity contribution in [2.75, 3.05) is 25.6 Å². The highest BCUT2D eigenvalue weighted by Crippen LogP contribution is 2.21. The van der Waals surface area contributed by atoms with E-state index in [2.05, 4.69) is 5.32 Å². The number of ether oxygens (including phenoxy) is 1. The predicted octanol–water partition coefficient (Wildman–Crippen LogP) is 3.56. The van der Waals surface area contributed by atoms with Gasteiger partial charge in [0.25, 0.3) is 5.91 Å². The molecule has 2 amide bonds. The van der Waals surface area contributed by atoms with Gasteiger partial charge >= 0.3 is 6.09 Å². The van der Waals surface area contributed by atoms with E-state index in [-0.39, 0.29) is 30.5 Å². The van der Waals surface area contributed by atoms with Gasteiger partial charge in [-0.2, -0.15) is 0 Å². The topological polar surface area (TPSA) is 58.6 Å². The Bertz CT molecular complexity index is 575. The van der Waals surface area contributed by atoms with Crippen molar-refractivity contribution < 1.29 is 14.3 Å². The van der Waals surface area contributed by atoms with E-state index < -0.39 is 0 Å². The van der Waals surface area contributed by atoms with Crippen LogP contribution in [-0.4, -0.2) is 48.5 Å². The first kappa shape index (κ1) is 18.2. The molecule has 8 heteroatoms. The van der Waals surface area contributed by atoms with Crippen LogP contribution in [0.25, 0.3) is 0 Å². The molecule has 0 bridgehead atoms. The largest absolute Gasteiger partial charge is 0.448 e. The number of hydrogen-bond acceptors (Lipinski definition) is 3. The summed E-state index contributed by atoms with van der Waals surface area (Å²) in [6.45, 7) is 1.25. The van der Waals surface area contributed by atoms with Crippen LogP contribution >= 0.6 is 34.8 Å². The SMILES string of the molecule is O=C(NC1CCN(C(=O)OCCCl)CC1)c1cc(Cl)ccc1Cl. The van der Waals surface area contributed by atoms with Gasteiger partial charge in [0, 0.05) is 24.2 Å². The number of carbonyl (C=O) groups is 2. The number of halogens is 3. The van der Waals surface area contributed by atoms with Gasteiger partial charge in [0.05, 0.1) is 16.5 Å². The van der Waals surface area contributed by atoms with E-state index in [1.54, 1.807) is 17.0 Å². The molecule has 0 atom stereocenters. The van der Waals surface area contributed by atoms with Crippen LogP contribution in [0.5, 0.6) is 0 Å². The molecule has 0 spiro atoms. The van der Waals surface area contributed by atoms with Gasteiger partial charge < -0.3 is 15.0 Å². The normalized spacial score (nSPS) is 15.3. The molecule has 1 N–H and O–H groups in total. The molecular weight excluding hydrogens is 363 g/mol. The van der Waals surface area contributed by atoms with Gasteiger partial charge in [0.1, 0.15) is 6.61 Å². The lowest BCUT2D eigenvalue weighted by molar-refractivity contribution is 0.0862. The highest BCUT2D eigenvalue weighted by molar-refractivity contribution is 6.35. The number of benzene rings is 1. The Morgan fingerprint density at radius 3 is 2.61 bits per heavy atom. The molecule has 1 fully saturated rings. The first-order valence-electron chi connectivity index (χ1n) is 7.25. The van der Waals surface area contributed by atoms with Gasteiger partial charge in [-0.25, -0.2) is 4.79 Å². The number of nitrogens with zero attached hydrogens (tertiary/aromatic N) is 1. The lowest BCUT2D eigenvalue weighted by Crippen LogP contribution is -2.46. The lowest BCUT2D eigenvalue weighted by atomic mass is 10.0. The van der Waals surface area contributed by atoms with Gasteiger partial charge in [0.15, 0.2) is 0 Å². The summed E-state index contributed by atoms with van der Waals surface area (Å²) in [7, 11) is 0. The summed E-state index contributed by atoms with van der Waals surface area (Å²) in [6.07, 6.45) is 0.938. The minimum atomic E-state index is -0.367. The molecular formula is C15H17Cl3N2O3. The summed E-state index contributed by atoms with van der Waals surface area (Å²) >= 11 is 17.4. The van der Waals surface area contributed by atoms with E-state index >= 15 is 0 Å². The van der Waals surface area contributed by atoms with E-state index in [0.29, 0.717) is 41.5 Å². The number of amides is 2. The Hall–Kier alpha value is -1.17. The zero-order chi connectivity index (χ0) is 16.8. The molecule has 2 rings (SSSR count). The number of piperidine rings is 1.